The van der Waals surface area contributed by atoms with Crippen LogP contribution < -0.4 is 15.0 Å². The van der Waals surface area contributed by atoms with Gasteiger partial charge in [0.15, 0.2) is 5.76 Å². The van der Waals surface area contributed by atoms with E-state index in [4.69, 9.17) is 9.26 Å². The van der Waals surface area contributed by atoms with Crippen molar-refractivity contribution in [3.63, 3.8) is 0 Å². The van der Waals surface area contributed by atoms with E-state index in [-0.39, 0.29) is 23.0 Å². The molecule has 46 heavy (non-hydrogen) atoms. The predicted octanol–water partition coefficient (Wildman–Crippen LogP) is 6.66. The van der Waals surface area contributed by atoms with Crippen molar-refractivity contribution in [2.45, 2.75) is 18.9 Å². The minimum absolute atomic E-state index is 0.118. The van der Waals surface area contributed by atoms with Crippen LogP contribution in [0.2, 0.25) is 0 Å². The van der Waals surface area contributed by atoms with Crippen molar-refractivity contribution < 1.29 is 27.6 Å². The third-order valence-electron chi connectivity index (χ3n) is 7.97. The number of fused-ring (bicyclic) bond motifs is 1. The van der Waals surface area contributed by atoms with Gasteiger partial charge in [-0.05, 0) is 97.8 Å². The number of hydrogen-bond donors (Lipinski definition) is 1. The number of hydrogen-bond acceptors (Lipinski definition) is 7. The van der Waals surface area contributed by atoms with Crippen LogP contribution in [-0.4, -0.2) is 45.6 Å². The Morgan fingerprint density at radius 3 is 2.59 bits per heavy atom. The highest BCUT2D eigenvalue weighted by molar-refractivity contribution is 6.07. The maximum absolute atomic E-state index is 15.0. The molecule has 1 aliphatic heterocycles. The van der Waals surface area contributed by atoms with Crippen LogP contribution in [0.4, 0.5) is 20.2 Å². The number of piperidine rings is 1. The van der Waals surface area contributed by atoms with Crippen molar-refractivity contribution in [2.24, 2.45) is 0 Å². The summed E-state index contributed by atoms with van der Waals surface area (Å²) in [5, 5.41) is 15.8. The summed E-state index contributed by atoms with van der Waals surface area (Å²) in [5.41, 5.74) is 2.88. The molecule has 3 heterocycles. The summed E-state index contributed by atoms with van der Waals surface area (Å²) < 4.78 is 40.6. The van der Waals surface area contributed by atoms with E-state index >= 15 is 4.39 Å². The van der Waals surface area contributed by atoms with Gasteiger partial charge in [-0.1, -0.05) is 10.4 Å². The molecule has 0 aliphatic carbocycles. The normalized spacial score (nSPS) is 14.9. The van der Waals surface area contributed by atoms with Crippen LogP contribution in [0.3, 0.4) is 0 Å². The van der Waals surface area contributed by atoms with E-state index in [1.165, 1.54) is 35.0 Å². The van der Waals surface area contributed by atoms with Gasteiger partial charge in [0.2, 0.25) is 0 Å². The highest BCUT2D eigenvalue weighted by atomic mass is 19.1. The Hall–Kier alpha value is -5.91. The topological polar surface area (TPSA) is 115 Å². The first kappa shape index (κ1) is 28.8. The van der Waals surface area contributed by atoms with Crippen LogP contribution in [0.15, 0.2) is 95.6 Å². The minimum atomic E-state index is -0.602. The van der Waals surface area contributed by atoms with E-state index in [9.17, 15) is 14.0 Å². The lowest BCUT2D eigenvalue weighted by Gasteiger charge is -2.32. The molecule has 1 atom stereocenters. The number of amides is 2. The molecule has 4 aromatic carbocycles. The first-order valence-corrected chi connectivity index (χ1v) is 14.5. The summed E-state index contributed by atoms with van der Waals surface area (Å²) in [4.78, 5) is 28.4. The number of benzene rings is 4. The molecule has 230 valence electrons. The number of methoxy groups -OCH3 is 1. The van der Waals surface area contributed by atoms with E-state index < -0.39 is 17.8 Å². The van der Waals surface area contributed by atoms with Gasteiger partial charge in [-0.3, -0.25) is 9.59 Å². The van der Waals surface area contributed by atoms with Crippen LogP contribution in [0.5, 0.6) is 5.75 Å². The average Bonchev–Trinajstić information content (AvgIpc) is 3.74. The largest absolute Gasteiger partial charge is 0.497 e. The molecule has 7 rings (SSSR count). The van der Waals surface area contributed by atoms with Gasteiger partial charge in [-0.25, -0.2) is 13.5 Å². The third-order valence-corrected chi connectivity index (χ3v) is 7.97. The quantitative estimate of drug-likeness (QED) is 0.212. The third kappa shape index (κ3) is 5.45. The monoisotopic (exact) mass is 620 g/mol. The summed E-state index contributed by atoms with van der Waals surface area (Å²) in [7, 11) is 1.58. The molecule has 12 heteroatoms. The molecule has 0 saturated carbocycles. The number of carbonyl (C=O) groups excluding carboxylic acids is 2. The first-order valence-electron chi connectivity index (χ1n) is 14.5. The van der Waals surface area contributed by atoms with Crippen molar-refractivity contribution >= 4 is 34.1 Å². The zero-order valence-electron chi connectivity index (χ0n) is 24.5. The number of nitrogens with zero attached hydrogens (tertiary/aromatic N) is 5. The Balaban J connectivity index is 1.10. The maximum atomic E-state index is 15.0. The van der Waals surface area contributed by atoms with Gasteiger partial charge in [-0.15, -0.1) is 5.10 Å². The van der Waals surface area contributed by atoms with Gasteiger partial charge >= 0.3 is 0 Å². The standard InChI is InChI=1S/C34H26F2N6O4/c1-45-25-12-10-24(11-13-25)41-16-2-3-31(34(41)44)42-19-30(38-40-42)26-18-23(9-14-28(26)36)37-33(43)21-6-15-29-27(17-21)32(46-39-29)20-4-7-22(35)8-5-20/h4-15,17-19,31H,2-3,16H2,1H3,(H,37,43). The van der Waals surface area contributed by atoms with Crippen molar-refractivity contribution in [3.8, 4) is 28.3 Å². The second-order valence-electron chi connectivity index (χ2n) is 10.8. The molecule has 0 radical (unpaired) electrons. The summed E-state index contributed by atoms with van der Waals surface area (Å²) in [6.45, 7) is 0.567. The Bertz CT molecular complexity index is 2070. The molecule has 0 spiro atoms. The molecule has 1 unspecified atom stereocenters. The van der Waals surface area contributed by atoms with Crippen LogP contribution >= 0.6 is 0 Å². The van der Waals surface area contributed by atoms with Gasteiger partial charge in [-0.2, -0.15) is 0 Å². The van der Waals surface area contributed by atoms with Gasteiger partial charge in [0.1, 0.15) is 34.6 Å². The SMILES string of the molecule is COc1ccc(N2CCCC(n3cc(-c4cc(NC(=O)c5ccc6noc(-c7ccc(F)cc7)c6c5)ccc4F)nn3)C2=O)cc1. The van der Waals surface area contributed by atoms with Crippen molar-refractivity contribution in [1.29, 1.82) is 0 Å². The Morgan fingerprint density at radius 2 is 1.80 bits per heavy atom. The van der Waals surface area contributed by atoms with E-state index in [0.29, 0.717) is 52.2 Å². The smallest absolute Gasteiger partial charge is 0.255 e. The molecule has 1 fully saturated rings. The van der Waals surface area contributed by atoms with E-state index in [1.54, 1.807) is 60.7 Å². The highest BCUT2D eigenvalue weighted by Crippen LogP contribution is 2.32. The van der Waals surface area contributed by atoms with Crippen molar-refractivity contribution in [2.75, 3.05) is 23.9 Å². The number of carbonyl (C=O) groups is 2. The zero-order valence-corrected chi connectivity index (χ0v) is 24.5. The van der Waals surface area contributed by atoms with Crippen LogP contribution in [-0.2, 0) is 4.79 Å². The van der Waals surface area contributed by atoms with E-state index in [0.717, 1.165) is 12.1 Å². The maximum Gasteiger partial charge on any atom is 0.255 e. The van der Waals surface area contributed by atoms with Gasteiger partial charge in [0.25, 0.3) is 11.8 Å². The number of aromatic nitrogens is 4. The summed E-state index contributed by atoms with van der Waals surface area (Å²) in [6, 6.07) is 21.4. The second kappa shape index (κ2) is 11.9. The van der Waals surface area contributed by atoms with Gasteiger partial charge in [0, 0.05) is 34.6 Å². The van der Waals surface area contributed by atoms with Gasteiger partial charge < -0.3 is 19.5 Å². The molecule has 2 amide bonds. The van der Waals surface area contributed by atoms with Gasteiger partial charge in [0.05, 0.1) is 18.7 Å². The molecule has 1 saturated heterocycles. The highest BCUT2D eigenvalue weighted by Gasteiger charge is 2.32. The molecule has 6 aromatic rings. The minimum Gasteiger partial charge on any atom is -0.497 e. The Morgan fingerprint density at radius 1 is 1.00 bits per heavy atom. The fourth-order valence-electron chi connectivity index (χ4n) is 5.57. The first-order chi connectivity index (χ1) is 22.4. The number of halogens is 2. The van der Waals surface area contributed by atoms with Crippen LogP contribution in [0, 0.1) is 11.6 Å². The average molecular weight is 621 g/mol. The molecule has 1 aliphatic rings. The predicted molar refractivity (Wildman–Crippen MR) is 166 cm³/mol. The molecule has 2 aromatic heterocycles. The summed E-state index contributed by atoms with van der Waals surface area (Å²) in [6.07, 6.45) is 2.85. The fraction of sp³-hybridized carbons (Fsp3) is 0.147. The second-order valence-corrected chi connectivity index (χ2v) is 10.8. The number of nitrogens with one attached hydrogen (secondary N) is 1. The zero-order chi connectivity index (χ0) is 31.8. The molecular weight excluding hydrogens is 594 g/mol. The van der Waals surface area contributed by atoms with E-state index in [1.807, 2.05) is 12.1 Å². The molecule has 0 bridgehead atoms. The van der Waals surface area contributed by atoms with Crippen LogP contribution in [0.25, 0.3) is 33.5 Å². The van der Waals surface area contributed by atoms with E-state index in [2.05, 4.69) is 20.8 Å². The number of anilines is 2. The molecule has 1 N–H and O–H groups in total. The lowest BCUT2D eigenvalue weighted by atomic mass is 10.0. The van der Waals surface area contributed by atoms with Crippen molar-refractivity contribution in [1.82, 2.24) is 20.2 Å². The molecular formula is C34H26F2N6O4. The Labute approximate surface area is 261 Å². The lowest BCUT2D eigenvalue weighted by molar-refractivity contribution is -0.123. The number of rotatable bonds is 7. The number of ether oxygens (including phenoxy) is 1. The van der Waals surface area contributed by atoms with Crippen molar-refractivity contribution in [3.05, 3.63) is 108 Å². The molecule has 10 nitrogen and oxygen atoms in total. The Kier molecular flexibility index (Phi) is 7.45. The fourth-order valence-corrected chi connectivity index (χ4v) is 5.57. The lowest BCUT2D eigenvalue weighted by Crippen LogP contribution is -2.42. The van der Waals surface area contributed by atoms with Crippen LogP contribution in [0.1, 0.15) is 29.2 Å². The summed E-state index contributed by atoms with van der Waals surface area (Å²) in [5.74, 6) is -0.427. The summed E-state index contributed by atoms with van der Waals surface area (Å²) >= 11 is 0.